The average Bonchev–Trinajstić information content (AvgIpc) is 2.41. The first-order valence-electron chi connectivity index (χ1n) is 7.60. The molecule has 1 aromatic rings. The minimum absolute atomic E-state index is 0.0494. The summed E-state index contributed by atoms with van der Waals surface area (Å²) in [6, 6.07) is 8.27. The number of nitrogens with zero attached hydrogens (tertiary/aromatic N) is 1. The van der Waals surface area contributed by atoms with Crippen LogP contribution in [-0.4, -0.2) is 18.5 Å². The molecule has 1 rings (SSSR count). The number of carbonyl (C=O) groups is 1. The van der Waals surface area contributed by atoms with Gasteiger partial charge in [-0.1, -0.05) is 31.5 Å². The predicted molar refractivity (Wildman–Crippen MR) is 85.9 cm³/mol. The summed E-state index contributed by atoms with van der Waals surface area (Å²) in [6.45, 7) is 8.81. The Bertz CT molecular complexity index is 429. The van der Waals surface area contributed by atoms with Gasteiger partial charge in [0.15, 0.2) is 0 Å². The van der Waals surface area contributed by atoms with Gasteiger partial charge in [-0.25, -0.2) is 0 Å². The molecule has 0 heterocycles. The maximum absolute atomic E-state index is 12.6. The standard InChI is InChI=1S/C17H28N2O/c1-5-19(16-12-7-6-9-13(16)2)17(20)14(3)10-8-11-15(4)18/h6-7,9,12,14-15H,5,8,10-11,18H2,1-4H3. The quantitative estimate of drug-likeness (QED) is 0.828. The van der Waals surface area contributed by atoms with E-state index in [4.69, 9.17) is 5.73 Å². The highest BCUT2D eigenvalue weighted by atomic mass is 16.2. The van der Waals surface area contributed by atoms with E-state index in [-0.39, 0.29) is 17.9 Å². The topological polar surface area (TPSA) is 46.3 Å². The highest BCUT2D eigenvalue weighted by Gasteiger charge is 2.21. The van der Waals surface area contributed by atoms with Crippen molar-refractivity contribution in [3.8, 4) is 0 Å². The van der Waals surface area contributed by atoms with Crippen LogP contribution in [0, 0.1) is 12.8 Å². The van der Waals surface area contributed by atoms with Crippen molar-refractivity contribution in [1.29, 1.82) is 0 Å². The van der Waals surface area contributed by atoms with Crippen LogP contribution < -0.4 is 10.6 Å². The summed E-state index contributed by atoms with van der Waals surface area (Å²) in [5.41, 5.74) is 7.93. The van der Waals surface area contributed by atoms with E-state index in [1.807, 2.05) is 56.9 Å². The number of hydrogen-bond donors (Lipinski definition) is 1. The van der Waals surface area contributed by atoms with Crippen molar-refractivity contribution in [2.24, 2.45) is 11.7 Å². The SMILES string of the molecule is CCN(C(=O)C(C)CCCC(C)N)c1ccccc1C. The van der Waals surface area contributed by atoms with Gasteiger partial charge in [0.05, 0.1) is 0 Å². The van der Waals surface area contributed by atoms with Crippen LogP contribution >= 0.6 is 0 Å². The molecule has 20 heavy (non-hydrogen) atoms. The first kappa shape index (κ1) is 16.7. The number of para-hydroxylation sites is 1. The van der Waals surface area contributed by atoms with Crippen molar-refractivity contribution < 1.29 is 4.79 Å². The summed E-state index contributed by atoms with van der Waals surface area (Å²) in [4.78, 5) is 14.5. The molecule has 0 fully saturated rings. The molecule has 0 saturated carbocycles. The molecule has 2 unspecified atom stereocenters. The fourth-order valence-corrected chi connectivity index (χ4v) is 2.45. The summed E-state index contributed by atoms with van der Waals surface area (Å²) in [6.07, 6.45) is 2.90. The third-order valence-electron chi connectivity index (χ3n) is 3.71. The zero-order valence-electron chi connectivity index (χ0n) is 13.2. The van der Waals surface area contributed by atoms with Crippen molar-refractivity contribution in [2.75, 3.05) is 11.4 Å². The smallest absolute Gasteiger partial charge is 0.229 e. The molecule has 112 valence electrons. The molecular weight excluding hydrogens is 248 g/mol. The lowest BCUT2D eigenvalue weighted by Gasteiger charge is -2.26. The first-order valence-corrected chi connectivity index (χ1v) is 7.60. The van der Waals surface area contributed by atoms with Gasteiger partial charge in [-0.2, -0.15) is 0 Å². The first-order chi connectivity index (χ1) is 9.47. The third-order valence-corrected chi connectivity index (χ3v) is 3.71. The van der Waals surface area contributed by atoms with E-state index in [9.17, 15) is 4.79 Å². The van der Waals surface area contributed by atoms with Crippen molar-refractivity contribution in [3.63, 3.8) is 0 Å². The van der Waals surface area contributed by atoms with E-state index < -0.39 is 0 Å². The predicted octanol–water partition coefficient (Wildman–Crippen LogP) is 3.50. The summed E-state index contributed by atoms with van der Waals surface area (Å²) in [7, 11) is 0. The van der Waals surface area contributed by atoms with E-state index in [1.54, 1.807) is 0 Å². The van der Waals surface area contributed by atoms with Gasteiger partial charge < -0.3 is 10.6 Å². The van der Waals surface area contributed by atoms with E-state index in [2.05, 4.69) is 0 Å². The number of carbonyl (C=O) groups excluding carboxylic acids is 1. The minimum Gasteiger partial charge on any atom is -0.328 e. The Morgan fingerprint density at radius 3 is 2.45 bits per heavy atom. The van der Waals surface area contributed by atoms with E-state index in [0.29, 0.717) is 6.54 Å². The van der Waals surface area contributed by atoms with Gasteiger partial charge in [0.25, 0.3) is 0 Å². The second-order valence-corrected chi connectivity index (χ2v) is 5.68. The monoisotopic (exact) mass is 276 g/mol. The molecule has 0 aliphatic rings. The molecule has 0 spiro atoms. The van der Waals surface area contributed by atoms with Crippen LogP contribution in [0.3, 0.4) is 0 Å². The van der Waals surface area contributed by atoms with Crippen molar-refractivity contribution >= 4 is 11.6 Å². The maximum Gasteiger partial charge on any atom is 0.229 e. The molecule has 0 aliphatic carbocycles. The largest absolute Gasteiger partial charge is 0.328 e. The average molecular weight is 276 g/mol. The third kappa shape index (κ3) is 4.64. The number of anilines is 1. The highest BCUT2D eigenvalue weighted by Crippen LogP contribution is 2.22. The Balaban J connectivity index is 2.70. The van der Waals surface area contributed by atoms with Crippen molar-refractivity contribution in [1.82, 2.24) is 0 Å². The number of benzene rings is 1. The van der Waals surface area contributed by atoms with Crippen LogP contribution in [0.2, 0.25) is 0 Å². The Morgan fingerprint density at radius 1 is 1.25 bits per heavy atom. The zero-order chi connectivity index (χ0) is 15.1. The molecule has 0 aromatic heterocycles. The van der Waals surface area contributed by atoms with Gasteiger partial charge in [-0.15, -0.1) is 0 Å². The fraction of sp³-hybridized carbons (Fsp3) is 0.588. The van der Waals surface area contributed by atoms with Gasteiger partial charge >= 0.3 is 0 Å². The van der Waals surface area contributed by atoms with Crippen LogP contribution in [0.4, 0.5) is 5.69 Å². The van der Waals surface area contributed by atoms with Gasteiger partial charge in [0, 0.05) is 24.2 Å². The molecule has 0 aliphatic heterocycles. The van der Waals surface area contributed by atoms with E-state index in [0.717, 1.165) is 30.5 Å². The number of amides is 1. The van der Waals surface area contributed by atoms with Crippen LogP contribution in [0.1, 0.15) is 45.6 Å². The van der Waals surface area contributed by atoms with Crippen LogP contribution in [0.15, 0.2) is 24.3 Å². The molecule has 2 atom stereocenters. The highest BCUT2D eigenvalue weighted by molar-refractivity contribution is 5.95. The minimum atomic E-state index is 0.0494. The summed E-state index contributed by atoms with van der Waals surface area (Å²) < 4.78 is 0. The second kappa shape index (κ2) is 8.05. The van der Waals surface area contributed by atoms with Crippen LogP contribution in [-0.2, 0) is 4.79 Å². The summed E-state index contributed by atoms with van der Waals surface area (Å²) >= 11 is 0. The lowest BCUT2D eigenvalue weighted by atomic mass is 10.00. The number of hydrogen-bond acceptors (Lipinski definition) is 2. The Hall–Kier alpha value is -1.35. The van der Waals surface area contributed by atoms with Gasteiger partial charge in [-0.05, 0) is 45.2 Å². The van der Waals surface area contributed by atoms with Gasteiger partial charge in [0.2, 0.25) is 5.91 Å². The van der Waals surface area contributed by atoms with E-state index in [1.165, 1.54) is 0 Å². The molecule has 0 saturated heterocycles. The maximum atomic E-state index is 12.6. The number of rotatable bonds is 7. The Labute approximate surface area is 123 Å². The molecule has 0 bridgehead atoms. The van der Waals surface area contributed by atoms with Gasteiger partial charge in [0.1, 0.15) is 0 Å². The van der Waals surface area contributed by atoms with Gasteiger partial charge in [-0.3, -0.25) is 4.79 Å². The molecule has 0 radical (unpaired) electrons. The molecule has 3 heteroatoms. The Kier molecular flexibility index (Phi) is 6.73. The summed E-state index contributed by atoms with van der Waals surface area (Å²) in [5.74, 6) is 0.264. The normalized spacial score (nSPS) is 13.8. The lowest BCUT2D eigenvalue weighted by molar-refractivity contribution is -0.122. The second-order valence-electron chi connectivity index (χ2n) is 5.68. The van der Waals surface area contributed by atoms with Crippen molar-refractivity contribution in [3.05, 3.63) is 29.8 Å². The van der Waals surface area contributed by atoms with Crippen LogP contribution in [0.25, 0.3) is 0 Å². The van der Waals surface area contributed by atoms with Crippen molar-refractivity contribution in [2.45, 2.75) is 53.0 Å². The van der Waals surface area contributed by atoms with E-state index >= 15 is 0 Å². The molecule has 1 amide bonds. The summed E-state index contributed by atoms with van der Waals surface area (Å²) in [5, 5.41) is 0. The fourth-order valence-electron chi connectivity index (χ4n) is 2.45. The molecule has 2 N–H and O–H groups in total. The molecular formula is C17H28N2O. The number of aryl methyl sites for hydroxylation is 1. The van der Waals surface area contributed by atoms with Crippen LogP contribution in [0.5, 0.6) is 0 Å². The molecule has 1 aromatic carbocycles. The lowest BCUT2D eigenvalue weighted by Crippen LogP contribution is -2.35. The molecule has 3 nitrogen and oxygen atoms in total. The number of nitrogens with two attached hydrogens (primary N) is 1. The Morgan fingerprint density at radius 2 is 1.90 bits per heavy atom. The zero-order valence-corrected chi connectivity index (χ0v) is 13.2.